The summed E-state index contributed by atoms with van der Waals surface area (Å²) in [6, 6.07) is 0. The van der Waals surface area contributed by atoms with E-state index in [1.807, 2.05) is 0 Å². The first kappa shape index (κ1) is 21.2. The third-order valence-electron chi connectivity index (χ3n) is 3.60. The van der Waals surface area contributed by atoms with E-state index < -0.39 is 5.97 Å². The van der Waals surface area contributed by atoms with Crippen molar-refractivity contribution in [3.05, 3.63) is 0 Å². The second kappa shape index (κ2) is 14.4. The SMILES string of the molecule is CCC(CC)CCC(=O)O.CCC(CC)COC(C)=O. The Morgan fingerprint density at radius 3 is 1.70 bits per heavy atom. The highest BCUT2D eigenvalue weighted by Crippen LogP contribution is 2.13. The minimum Gasteiger partial charge on any atom is -0.481 e. The molecule has 0 unspecified atom stereocenters. The van der Waals surface area contributed by atoms with E-state index in [-0.39, 0.29) is 5.97 Å². The highest BCUT2D eigenvalue weighted by molar-refractivity contribution is 5.66. The number of hydrogen-bond donors (Lipinski definition) is 1. The van der Waals surface area contributed by atoms with Crippen molar-refractivity contribution in [2.45, 2.75) is 73.1 Å². The number of carbonyl (C=O) groups excluding carboxylic acids is 1. The maximum Gasteiger partial charge on any atom is 0.303 e. The molecule has 0 saturated carbocycles. The Balaban J connectivity index is 0. The van der Waals surface area contributed by atoms with Gasteiger partial charge in [-0.2, -0.15) is 0 Å². The molecule has 0 heterocycles. The van der Waals surface area contributed by atoms with Crippen molar-refractivity contribution in [2.75, 3.05) is 6.61 Å². The third-order valence-corrected chi connectivity index (χ3v) is 3.60. The van der Waals surface area contributed by atoms with Crippen molar-refractivity contribution < 1.29 is 19.4 Å². The van der Waals surface area contributed by atoms with E-state index in [1.165, 1.54) is 6.92 Å². The van der Waals surface area contributed by atoms with Gasteiger partial charge in [-0.15, -0.1) is 0 Å². The zero-order chi connectivity index (χ0) is 16.0. The molecule has 0 fully saturated rings. The molecule has 0 aliphatic rings. The molecule has 0 aromatic heterocycles. The summed E-state index contributed by atoms with van der Waals surface area (Å²) >= 11 is 0. The van der Waals surface area contributed by atoms with E-state index in [0.717, 1.165) is 32.1 Å². The molecular weight excluding hydrogens is 256 g/mol. The molecule has 0 bridgehead atoms. The average Bonchev–Trinajstić information content (AvgIpc) is 2.41. The summed E-state index contributed by atoms with van der Waals surface area (Å²) in [6.07, 6.45) is 5.54. The summed E-state index contributed by atoms with van der Waals surface area (Å²) < 4.78 is 4.85. The van der Waals surface area contributed by atoms with Crippen LogP contribution < -0.4 is 0 Å². The van der Waals surface area contributed by atoms with Gasteiger partial charge in [0.15, 0.2) is 0 Å². The van der Waals surface area contributed by atoms with Crippen LogP contribution in [0.2, 0.25) is 0 Å². The lowest BCUT2D eigenvalue weighted by molar-refractivity contribution is -0.142. The maximum absolute atomic E-state index is 10.4. The van der Waals surface area contributed by atoms with Crippen LogP contribution in [0.1, 0.15) is 73.1 Å². The maximum atomic E-state index is 10.4. The standard InChI is InChI=1S/2C8H16O2/c1-4-8(5-2)6-10-7(3)9;1-3-7(4-2)5-6-8(9)10/h8H,4-6H2,1-3H3;7H,3-6H2,1-2H3,(H,9,10). The van der Waals surface area contributed by atoms with Crippen LogP contribution in [0.4, 0.5) is 0 Å². The van der Waals surface area contributed by atoms with Crippen molar-refractivity contribution in [1.29, 1.82) is 0 Å². The fourth-order valence-electron chi connectivity index (χ4n) is 1.78. The van der Waals surface area contributed by atoms with E-state index in [0.29, 0.717) is 24.9 Å². The lowest BCUT2D eigenvalue weighted by atomic mass is 9.98. The average molecular weight is 288 g/mol. The Morgan fingerprint density at radius 1 is 0.950 bits per heavy atom. The van der Waals surface area contributed by atoms with Gasteiger partial charge in [-0.1, -0.05) is 53.4 Å². The molecule has 20 heavy (non-hydrogen) atoms. The van der Waals surface area contributed by atoms with Gasteiger partial charge in [-0.3, -0.25) is 9.59 Å². The molecule has 0 amide bonds. The molecule has 0 aromatic carbocycles. The van der Waals surface area contributed by atoms with Crippen LogP contribution in [0.25, 0.3) is 0 Å². The van der Waals surface area contributed by atoms with Crippen LogP contribution in [0.3, 0.4) is 0 Å². The molecule has 0 aromatic rings. The largest absolute Gasteiger partial charge is 0.481 e. The van der Waals surface area contributed by atoms with Crippen molar-refractivity contribution in [3.63, 3.8) is 0 Å². The number of carboxylic acid groups (broad SMARTS) is 1. The van der Waals surface area contributed by atoms with E-state index in [9.17, 15) is 9.59 Å². The van der Waals surface area contributed by atoms with Crippen LogP contribution in [-0.2, 0) is 14.3 Å². The van der Waals surface area contributed by atoms with Gasteiger partial charge in [0.1, 0.15) is 0 Å². The molecule has 0 saturated heterocycles. The summed E-state index contributed by atoms with van der Waals surface area (Å²) in [6.45, 7) is 10.5. The molecule has 0 radical (unpaired) electrons. The normalized spacial score (nSPS) is 10.2. The monoisotopic (exact) mass is 288 g/mol. The second-order valence-corrected chi connectivity index (χ2v) is 5.10. The Morgan fingerprint density at radius 2 is 1.40 bits per heavy atom. The molecule has 120 valence electrons. The second-order valence-electron chi connectivity index (χ2n) is 5.10. The highest BCUT2D eigenvalue weighted by Gasteiger charge is 2.05. The lowest BCUT2D eigenvalue weighted by Crippen LogP contribution is -2.10. The number of rotatable bonds is 9. The predicted octanol–water partition coefficient (Wildman–Crippen LogP) is 4.27. The molecule has 4 heteroatoms. The predicted molar refractivity (Wildman–Crippen MR) is 81.6 cm³/mol. The first-order valence-electron chi connectivity index (χ1n) is 7.76. The lowest BCUT2D eigenvalue weighted by Gasteiger charge is -2.10. The first-order valence-corrected chi connectivity index (χ1v) is 7.76. The molecule has 0 rings (SSSR count). The summed E-state index contributed by atoms with van der Waals surface area (Å²) in [5, 5.41) is 8.35. The van der Waals surface area contributed by atoms with Gasteiger partial charge < -0.3 is 9.84 Å². The topological polar surface area (TPSA) is 63.6 Å². The summed E-state index contributed by atoms with van der Waals surface area (Å²) in [5.41, 5.74) is 0. The molecule has 0 spiro atoms. The highest BCUT2D eigenvalue weighted by atomic mass is 16.5. The van der Waals surface area contributed by atoms with Crippen LogP contribution in [0.15, 0.2) is 0 Å². The first-order chi connectivity index (χ1) is 9.40. The Kier molecular flexibility index (Phi) is 15.2. The van der Waals surface area contributed by atoms with Gasteiger partial charge >= 0.3 is 11.9 Å². The number of carboxylic acids is 1. The number of hydrogen-bond acceptors (Lipinski definition) is 3. The number of ether oxygens (including phenoxy) is 1. The van der Waals surface area contributed by atoms with E-state index in [1.54, 1.807) is 0 Å². The fraction of sp³-hybridized carbons (Fsp3) is 0.875. The van der Waals surface area contributed by atoms with Gasteiger partial charge in [0.2, 0.25) is 0 Å². The van der Waals surface area contributed by atoms with Crippen molar-refractivity contribution in [2.24, 2.45) is 11.8 Å². The number of carbonyl (C=O) groups is 2. The Labute approximate surface area is 123 Å². The molecular formula is C16H32O4. The van der Waals surface area contributed by atoms with Gasteiger partial charge in [0, 0.05) is 13.3 Å². The molecule has 0 aliphatic heterocycles. The fourth-order valence-corrected chi connectivity index (χ4v) is 1.78. The van der Waals surface area contributed by atoms with Crippen LogP contribution in [0.5, 0.6) is 0 Å². The third kappa shape index (κ3) is 15.0. The van der Waals surface area contributed by atoms with E-state index in [4.69, 9.17) is 9.84 Å². The van der Waals surface area contributed by atoms with Crippen LogP contribution in [-0.4, -0.2) is 23.7 Å². The van der Waals surface area contributed by atoms with Crippen molar-refractivity contribution in [3.8, 4) is 0 Å². The van der Waals surface area contributed by atoms with Gasteiger partial charge in [-0.05, 0) is 18.3 Å². The summed E-state index contributed by atoms with van der Waals surface area (Å²) in [5.74, 6) is 0.304. The zero-order valence-corrected chi connectivity index (χ0v) is 13.8. The number of esters is 1. The molecule has 1 N–H and O–H groups in total. The van der Waals surface area contributed by atoms with Crippen LogP contribution in [0, 0.1) is 11.8 Å². The van der Waals surface area contributed by atoms with Crippen LogP contribution >= 0.6 is 0 Å². The van der Waals surface area contributed by atoms with Gasteiger partial charge in [-0.25, -0.2) is 0 Å². The quantitative estimate of drug-likeness (QED) is 0.643. The molecule has 0 atom stereocenters. The molecule has 0 aliphatic carbocycles. The van der Waals surface area contributed by atoms with E-state index in [2.05, 4.69) is 27.7 Å². The minimum atomic E-state index is -0.674. The van der Waals surface area contributed by atoms with E-state index >= 15 is 0 Å². The Bertz CT molecular complexity index is 217. The smallest absolute Gasteiger partial charge is 0.303 e. The van der Waals surface area contributed by atoms with Gasteiger partial charge in [0.25, 0.3) is 0 Å². The minimum absolute atomic E-state index is 0.174. The summed E-state index contributed by atoms with van der Waals surface area (Å²) in [7, 11) is 0. The molecule has 4 nitrogen and oxygen atoms in total. The van der Waals surface area contributed by atoms with Crippen molar-refractivity contribution >= 4 is 11.9 Å². The summed E-state index contributed by atoms with van der Waals surface area (Å²) in [4.78, 5) is 20.5. The van der Waals surface area contributed by atoms with Gasteiger partial charge in [0.05, 0.1) is 6.61 Å². The van der Waals surface area contributed by atoms with Crippen molar-refractivity contribution in [1.82, 2.24) is 0 Å². The number of aliphatic carboxylic acids is 1. The Hall–Kier alpha value is -1.06. The zero-order valence-electron chi connectivity index (χ0n) is 13.8.